The van der Waals surface area contributed by atoms with E-state index in [1.165, 1.54) is 12.7 Å². The fourth-order valence-electron chi connectivity index (χ4n) is 2.40. The van der Waals surface area contributed by atoms with Crippen molar-refractivity contribution in [2.24, 2.45) is 5.92 Å². The highest BCUT2D eigenvalue weighted by Gasteiger charge is 2.28. The van der Waals surface area contributed by atoms with Gasteiger partial charge in [-0.25, -0.2) is 0 Å². The van der Waals surface area contributed by atoms with E-state index in [2.05, 4.69) is 23.6 Å². The van der Waals surface area contributed by atoms with Crippen molar-refractivity contribution in [1.82, 2.24) is 4.90 Å². The second-order valence-corrected chi connectivity index (χ2v) is 4.72. The topological polar surface area (TPSA) is 29.5 Å². The zero-order valence-electron chi connectivity index (χ0n) is 10.8. The number of esters is 1. The maximum atomic E-state index is 11.5. The SMILES string of the molecule is C=C1CN(Cc2ccccc2)CCC1C(=O)OC. The predicted octanol–water partition coefficient (Wildman–Crippen LogP) is 2.24. The van der Waals surface area contributed by atoms with E-state index in [4.69, 9.17) is 4.74 Å². The third kappa shape index (κ3) is 2.99. The van der Waals surface area contributed by atoms with Crippen LogP contribution >= 0.6 is 0 Å². The molecule has 0 aliphatic carbocycles. The molecule has 0 N–H and O–H groups in total. The molecule has 1 aliphatic rings. The van der Waals surface area contributed by atoms with Crippen LogP contribution in [0.25, 0.3) is 0 Å². The van der Waals surface area contributed by atoms with Crippen molar-refractivity contribution in [1.29, 1.82) is 0 Å². The fourth-order valence-corrected chi connectivity index (χ4v) is 2.40. The van der Waals surface area contributed by atoms with Crippen molar-refractivity contribution >= 4 is 5.97 Å². The molecule has 3 nitrogen and oxygen atoms in total. The Kier molecular flexibility index (Phi) is 4.15. The van der Waals surface area contributed by atoms with Gasteiger partial charge in [-0.05, 0) is 24.1 Å². The maximum Gasteiger partial charge on any atom is 0.312 e. The minimum Gasteiger partial charge on any atom is -0.469 e. The Balaban J connectivity index is 1.93. The van der Waals surface area contributed by atoms with Gasteiger partial charge in [-0.15, -0.1) is 0 Å². The van der Waals surface area contributed by atoms with Gasteiger partial charge in [0.25, 0.3) is 0 Å². The Bertz CT molecular complexity index is 427. The van der Waals surface area contributed by atoms with Gasteiger partial charge in [-0.3, -0.25) is 9.69 Å². The van der Waals surface area contributed by atoms with Crippen molar-refractivity contribution in [2.75, 3.05) is 20.2 Å². The zero-order valence-corrected chi connectivity index (χ0v) is 10.8. The summed E-state index contributed by atoms with van der Waals surface area (Å²) in [6, 6.07) is 10.4. The third-order valence-electron chi connectivity index (χ3n) is 3.39. The van der Waals surface area contributed by atoms with Gasteiger partial charge in [0.2, 0.25) is 0 Å². The van der Waals surface area contributed by atoms with E-state index < -0.39 is 0 Å². The fraction of sp³-hybridized carbons (Fsp3) is 0.400. The zero-order chi connectivity index (χ0) is 13.0. The van der Waals surface area contributed by atoms with Gasteiger partial charge in [-0.1, -0.05) is 36.9 Å². The lowest BCUT2D eigenvalue weighted by Gasteiger charge is -2.32. The average Bonchev–Trinajstić information content (AvgIpc) is 2.39. The molecule has 0 radical (unpaired) electrons. The number of hydrogen-bond acceptors (Lipinski definition) is 3. The molecule has 0 amide bonds. The Morgan fingerprint density at radius 2 is 2.17 bits per heavy atom. The van der Waals surface area contributed by atoms with E-state index in [0.29, 0.717) is 0 Å². The minimum atomic E-state index is -0.153. The third-order valence-corrected chi connectivity index (χ3v) is 3.39. The molecular formula is C15H19NO2. The highest BCUT2D eigenvalue weighted by Crippen LogP contribution is 2.23. The lowest BCUT2D eigenvalue weighted by molar-refractivity contribution is -0.145. The van der Waals surface area contributed by atoms with E-state index >= 15 is 0 Å². The summed E-state index contributed by atoms with van der Waals surface area (Å²) in [6.45, 7) is 6.61. The summed E-state index contributed by atoms with van der Waals surface area (Å²) < 4.78 is 4.80. The van der Waals surface area contributed by atoms with Crippen LogP contribution in [0.1, 0.15) is 12.0 Å². The summed E-state index contributed by atoms with van der Waals surface area (Å²) >= 11 is 0. The van der Waals surface area contributed by atoms with Crippen LogP contribution in [0.4, 0.5) is 0 Å². The lowest BCUT2D eigenvalue weighted by Crippen LogP contribution is -2.37. The van der Waals surface area contributed by atoms with Crippen LogP contribution in [0.3, 0.4) is 0 Å². The minimum absolute atomic E-state index is 0.123. The van der Waals surface area contributed by atoms with Crippen LogP contribution in [0, 0.1) is 5.92 Å². The predicted molar refractivity (Wildman–Crippen MR) is 71.0 cm³/mol. The summed E-state index contributed by atoms with van der Waals surface area (Å²) in [7, 11) is 1.44. The monoisotopic (exact) mass is 245 g/mol. The number of carbonyl (C=O) groups is 1. The quantitative estimate of drug-likeness (QED) is 0.604. The summed E-state index contributed by atoms with van der Waals surface area (Å²) in [5, 5.41) is 0. The number of likely N-dealkylation sites (tertiary alicyclic amines) is 1. The first-order valence-corrected chi connectivity index (χ1v) is 6.22. The molecule has 2 rings (SSSR count). The van der Waals surface area contributed by atoms with Crippen molar-refractivity contribution in [3.05, 3.63) is 48.0 Å². The molecule has 1 aliphatic heterocycles. The van der Waals surface area contributed by atoms with Crippen molar-refractivity contribution in [2.45, 2.75) is 13.0 Å². The summed E-state index contributed by atoms with van der Waals surface area (Å²) in [5.74, 6) is -0.276. The average molecular weight is 245 g/mol. The first-order chi connectivity index (χ1) is 8.70. The second kappa shape index (κ2) is 5.83. The van der Waals surface area contributed by atoms with Gasteiger partial charge in [-0.2, -0.15) is 0 Å². The molecule has 96 valence electrons. The van der Waals surface area contributed by atoms with E-state index in [1.807, 2.05) is 18.2 Å². The Labute approximate surface area is 108 Å². The van der Waals surface area contributed by atoms with Crippen molar-refractivity contribution < 1.29 is 9.53 Å². The van der Waals surface area contributed by atoms with Gasteiger partial charge in [0.15, 0.2) is 0 Å². The van der Waals surface area contributed by atoms with Gasteiger partial charge in [0.1, 0.15) is 0 Å². The van der Waals surface area contributed by atoms with Gasteiger partial charge >= 0.3 is 5.97 Å². The number of benzene rings is 1. The maximum absolute atomic E-state index is 11.5. The Morgan fingerprint density at radius 1 is 1.44 bits per heavy atom. The van der Waals surface area contributed by atoms with E-state index in [1.54, 1.807) is 0 Å². The van der Waals surface area contributed by atoms with Gasteiger partial charge in [0.05, 0.1) is 13.0 Å². The number of hydrogen-bond donors (Lipinski definition) is 0. The summed E-state index contributed by atoms with van der Waals surface area (Å²) in [5.41, 5.74) is 2.26. The molecular weight excluding hydrogens is 226 g/mol. The Morgan fingerprint density at radius 3 is 2.78 bits per heavy atom. The number of piperidine rings is 1. The number of carbonyl (C=O) groups excluding carboxylic acids is 1. The summed E-state index contributed by atoms with van der Waals surface area (Å²) in [6.07, 6.45) is 0.804. The highest BCUT2D eigenvalue weighted by atomic mass is 16.5. The van der Waals surface area contributed by atoms with E-state index in [-0.39, 0.29) is 11.9 Å². The standard InChI is InChI=1S/C15H19NO2/c1-12-10-16(9-8-14(12)15(17)18-2)11-13-6-4-3-5-7-13/h3-7,14H,1,8-11H2,2H3. The molecule has 1 saturated heterocycles. The first kappa shape index (κ1) is 12.8. The van der Waals surface area contributed by atoms with Crippen LogP contribution in [0.15, 0.2) is 42.5 Å². The number of nitrogens with zero attached hydrogens (tertiary/aromatic N) is 1. The molecule has 0 spiro atoms. The van der Waals surface area contributed by atoms with Crippen LogP contribution in [0.5, 0.6) is 0 Å². The van der Waals surface area contributed by atoms with E-state index in [0.717, 1.165) is 31.6 Å². The molecule has 1 aromatic carbocycles. The van der Waals surface area contributed by atoms with E-state index in [9.17, 15) is 4.79 Å². The molecule has 1 atom stereocenters. The number of ether oxygens (including phenoxy) is 1. The molecule has 0 aromatic heterocycles. The Hall–Kier alpha value is -1.61. The number of rotatable bonds is 3. The summed E-state index contributed by atoms with van der Waals surface area (Å²) in [4.78, 5) is 13.9. The van der Waals surface area contributed by atoms with Crippen LogP contribution in [-0.4, -0.2) is 31.1 Å². The van der Waals surface area contributed by atoms with Gasteiger partial charge < -0.3 is 4.74 Å². The molecule has 1 heterocycles. The van der Waals surface area contributed by atoms with Crippen LogP contribution in [0.2, 0.25) is 0 Å². The molecule has 1 aromatic rings. The molecule has 18 heavy (non-hydrogen) atoms. The van der Waals surface area contributed by atoms with Crippen molar-refractivity contribution in [3.63, 3.8) is 0 Å². The first-order valence-electron chi connectivity index (χ1n) is 6.22. The molecule has 0 saturated carbocycles. The van der Waals surface area contributed by atoms with Crippen LogP contribution in [-0.2, 0) is 16.1 Å². The number of methoxy groups -OCH3 is 1. The second-order valence-electron chi connectivity index (χ2n) is 4.72. The largest absolute Gasteiger partial charge is 0.469 e. The van der Waals surface area contributed by atoms with Crippen LogP contribution < -0.4 is 0 Å². The molecule has 3 heteroatoms. The smallest absolute Gasteiger partial charge is 0.312 e. The molecule has 1 unspecified atom stereocenters. The van der Waals surface area contributed by atoms with Crippen molar-refractivity contribution in [3.8, 4) is 0 Å². The normalized spacial score (nSPS) is 20.7. The highest BCUT2D eigenvalue weighted by molar-refractivity contribution is 5.75. The molecule has 0 bridgehead atoms. The van der Waals surface area contributed by atoms with Gasteiger partial charge in [0, 0.05) is 13.1 Å². The molecule has 1 fully saturated rings. The lowest BCUT2D eigenvalue weighted by atomic mass is 9.92.